The molecule has 1 amide bonds. The minimum atomic E-state index is -3.57. The van der Waals surface area contributed by atoms with Crippen molar-refractivity contribution in [3.8, 4) is 0 Å². The smallest absolute Gasteiger partial charge is 0.241 e. The van der Waals surface area contributed by atoms with E-state index < -0.39 is 10.0 Å². The largest absolute Gasteiger partial charge is 0.350 e. The summed E-state index contributed by atoms with van der Waals surface area (Å²) < 4.78 is 25.5. The highest BCUT2D eigenvalue weighted by molar-refractivity contribution is 7.92. The predicted molar refractivity (Wildman–Crippen MR) is 101 cm³/mol. The summed E-state index contributed by atoms with van der Waals surface area (Å²) in [5.41, 5.74) is 4.45. The summed E-state index contributed by atoms with van der Waals surface area (Å²) >= 11 is 0. The molecule has 0 heterocycles. The molecule has 0 aromatic heterocycles. The second-order valence-corrected chi connectivity index (χ2v) is 8.16. The second kappa shape index (κ2) is 7.70. The average molecular weight is 360 g/mol. The molecule has 25 heavy (non-hydrogen) atoms. The number of anilines is 1. The van der Waals surface area contributed by atoms with Crippen molar-refractivity contribution in [3.63, 3.8) is 0 Å². The third-order valence-corrected chi connectivity index (χ3v) is 5.23. The first-order chi connectivity index (χ1) is 11.7. The van der Waals surface area contributed by atoms with Crippen molar-refractivity contribution in [2.75, 3.05) is 17.1 Å². The molecule has 0 saturated heterocycles. The SMILES string of the molecule is Cc1cccc(CNC(=O)CN(c2cccc(C)c2C)S(C)(=O)=O)c1. The summed E-state index contributed by atoms with van der Waals surface area (Å²) in [5.74, 6) is -0.340. The molecule has 1 N–H and O–H groups in total. The number of nitrogens with zero attached hydrogens (tertiary/aromatic N) is 1. The van der Waals surface area contributed by atoms with Crippen LogP contribution in [0.2, 0.25) is 0 Å². The number of sulfonamides is 1. The highest BCUT2D eigenvalue weighted by atomic mass is 32.2. The first kappa shape index (κ1) is 19.0. The Kier molecular flexibility index (Phi) is 5.85. The van der Waals surface area contributed by atoms with Gasteiger partial charge in [0.05, 0.1) is 11.9 Å². The highest BCUT2D eigenvalue weighted by Gasteiger charge is 2.22. The zero-order valence-corrected chi connectivity index (χ0v) is 15.9. The summed E-state index contributed by atoms with van der Waals surface area (Å²) in [6.07, 6.45) is 1.11. The fourth-order valence-corrected chi connectivity index (χ4v) is 3.50. The zero-order valence-electron chi connectivity index (χ0n) is 15.0. The van der Waals surface area contributed by atoms with Crippen LogP contribution in [0, 0.1) is 20.8 Å². The first-order valence-electron chi connectivity index (χ1n) is 8.04. The van der Waals surface area contributed by atoms with Crippen LogP contribution in [0.25, 0.3) is 0 Å². The van der Waals surface area contributed by atoms with Crippen LogP contribution in [0.15, 0.2) is 42.5 Å². The van der Waals surface area contributed by atoms with Gasteiger partial charge in [0.25, 0.3) is 0 Å². The molecule has 0 atom stereocenters. The number of hydrogen-bond donors (Lipinski definition) is 1. The molecular weight excluding hydrogens is 336 g/mol. The standard InChI is InChI=1S/C19H24N2O3S/c1-14-7-5-9-17(11-14)12-20-19(22)13-21(25(4,23)24)18-10-6-8-15(2)16(18)3/h5-11H,12-13H2,1-4H3,(H,20,22). The molecule has 134 valence electrons. The number of rotatable bonds is 6. The van der Waals surface area contributed by atoms with Crippen LogP contribution in [0.5, 0.6) is 0 Å². The molecule has 0 aliphatic rings. The van der Waals surface area contributed by atoms with E-state index in [1.165, 1.54) is 0 Å². The van der Waals surface area contributed by atoms with Crippen molar-refractivity contribution >= 4 is 21.6 Å². The van der Waals surface area contributed by atoms with E-state index in [-0.39, 0.29) is 12.5 Å². The predicted octanol–water partition coefficient (Wildman–Crippen LogP) is 2.69. The molecule has 0 aliphatic carbocycles. The van der Waals surface area contributed by atoms with Gasteiger partial charge in [-0.2, -0.15) is 0 Å². The van der Waals surface area contributed by atoms with Gasteiger partial charge < -0.3 is 5.32 Å². The van der Waals surface area contributed by atoms with Crippen molar-refractivity contribution in [1.82, 2.24) is 5.32 Å². The lowest BCUT2D eigenvalue weighted by atomic mass is 10.1. The molecular formula is C19H24N2O3S. The van der Waals surface area contributed by atoms with Crippen molar-refractivity contribution in [2.45, 2.75) is 27.3 Å². The van der Waals surface area contributed by atoms with Gasteiger partial charge in [-0.05, 0) is 43.5 Å². The first-order valence-corrected chi connectivity index (χ1v) is 9.89. The van der Waals surface area contributed by atoms with Crippen LogP contribution in [0.4, 0.5) is 5.69 Å². The van der Waals surface area contributed by atoms with Gasteiger partial charge >= 0.3 is 0 Å². The Balaban J connectivity index is 2.15. The minimum absolute atomic E-state index is 0.241. The highest BCUT2D eigenvalue weighted by Crippen LogP contribution is 2.24. The Hall–Kier alpha value is -2.34. The van der Waals surface area contributed by atoms with E-state index in [4.69, 9.17) is 0 Å². The van der Waals surface area contributed by atoms with Crippen molar-refractivity contribution in [3.05, 3.63) is 64.7 Å². The summed E-state index contributed by atoms with van der Waals surface area (Å²) in [4.78, 5) is 12.3. The average Bonchev–Trinajstić information content (AvgIpc) is 2.53. The Morgan fingerprint density at radius 1 is 1.08 bits per heavy atom. The molecule has 0 unspecified atom stereocenters. The van der Waals surface area contributed by atoms with Gasteiger partial charge in [0.2, 0.25) is 15.9 Å². The van der Waals surface area contributed by atoms with Crippen LogP contribution in [-0.2, 0) is 21.4 Å². The van der Waals surface area contributed by atoms with Crippen LogP contribution >= 0.6 is 0 Å². The van der Waals surface area contributed by atoms with Gasteiger partial charge in [0, 0.05) is 6.54 Å². The maximum atomic E-state index is 12.3. The molecule has 5 nitrogen and oxygen atoms in total. The third kappa shape index (κ3) is 5.06. The topological polar surface area (TPSA) is 66.5 Å². The number of benzene rings is 2. The van der Waals surface area contributed by atoms with Gasteiger partial charge in [-0.25, -0.2) is 8.42 Å². The van der Waals surface area contributed by atoms with E-state index in [1.54, 1.807) is 12.1 Å². The molecule has 0 saturated carbocycles. The Morgan fingerprint density at radius 2 is 1.76 bits per heavy atom. The monoisotopic (exact) mass is 360 g/mol. The number of carbonyl (C=O) groups excluding carboxylic acids is 1. The van der Waals surface area contributed by atoms with Crippen LogP contribution in [0.3, 0.4) is 0 Å². The van der Waals surface area contributed by atoms with Crippen LogP contribution < -0.4 is 9.62 Å². The number of nitrogens with one attached hydrogen (secondary N) is 1. The summed E-state index contributed by atoms with van der Waals surface area (Å²) in [7, 11) is -3.57. The van der Waals surface area contributed by atoms with Crippen molar-refractivity contribution < 1.29 is 13.2 Å². The quantitative estimate of drug-likeness (QED) is 0.861. The van der Waals surface area contributed by atoms with Gasteiger partial charge in [-0.1, -0.05) is 42.0 Å². The van der Waals surface area contributed by atoms with Gasteiger partial charge in [-0.15, -0.1) is 0 Å². The molecule has 6 heteroatoms. The molecule has 2 aromatic carbocycles. The normalized spacial score (nSPS) is 11.2. The Labute approximate surface area is 149 Å². The van der Waals surface area contributed by atoms with Crippen LogP contribution in [-0.4, -0.2) is 27.1 Å². The van der Waals surface area contributed by atoms with Crippen LogP contribution in [0.1, 0.15) is 22.3 Å². The lowest BCUT2D eigenvalue weighted by molar-refractivity contribution is -0.119. The molecule has 0 fully saturated rings. The number of carbonyl (C=O) groups is 1. The number of amides is 1. The van der Waals surface area contributed by atoms with E-state index in [0.717, 1.165) is 32.8 Å². The molecule has 0 bridgehead atoms. The van der Waals surface area contributed by atoms with Crippen molar-refractivity contribution in [1.29, 1.82) is 0 Å². The molecule has 0 aliphatic heterocycles. The van der Waals surface area contributed by atoms with Crippen molar-refractivity contribution in [2.24, 2.45) is 0 Å². The molecule has 2 rings (SSSR count). The van der Waals surface area contributed by atoms with E-state index in [2.05, 4.69) is 5.32 Å². The van der Waals surface area contributed by atoms with Gasteiger partial charge in [0.1, 0.15) is 6.54 Å². The molecule has 2 aromatic rings. The lowest BCUT2D eigenvalue weighted by Gasteiger charge is -2.24. The number of aryl methyl sites for hydroxylation is 2. The molecule has 0 spiro atoms. The van der Waals surface area contributed by atoms with Gasteiger partial charge in [0.15, 0.2) is 0 Å². The lowest BCUT2D eigenvalue weighted by Crippen LogP contribution is -2.40. The summed E-state index contributed by atoms with van der Waals surface area (Å²) in [6.45, 7) is 5.88. The maximum absolute atomic E-state index is 12.3. The zero-order chi connectivity index (χ0) is 18.6. The minimum Gasteiger partial charge on any atom is -0.350 e. The second-order valence-electron chi connectivity index (χ2n) is 6.25. The maximum Gasteiger partial charge on any atom is 0.241 e. The van der Waals surface area contributed by atoms with E-state index in [9.17, 15) is 13.2 Å². The Bertz CT molecular complexity index is 876. The molecule has 0 radical (unpaired) electrons. The fourth-order valence-electron chi connectivity index (χ4n) is 2.60. The summed E-state index contributed by atoms with van der Waals surface area (Å²) in [5, 5.41) is 2.79. The van der Waals surface area contributed by atoms with E-state index in [1.807, 2.05) is 51.1 Å². The Morgan fingerprint density at radius 3 is 2.40 bits per heavy atom. The number of hydrogen-bond acceptors (Lipinski definition) is 3. The third-order valence-electron chi connectivity index (χ3n) is 4.10. The van der Waals surface area contributed by atoms with E-state index >= 15 is 0 Å². The van der Waals surface area contributed by atoms with E-state index in [0.29, 0.717) is 12.2 Å². The fraction of sp³-hybridized carbons (Fsp3) is 0.316. The summed E-state index contributed by atoms with van der Waals surface area (Å²) in [6, 6.07) is 13.2. The van der Waals surface area contributed by atoms with Gasteiger partial charge in [-0.3, -0.25) is 9.10 Å².